The number of aryl methyl sites for hydroxylation is 1. The van der Waals surface area contributed by atoms with Crippen LogP contribution in [0.25, 0.3) is 5.65 Å². The van der Waals surface area contributed by atoms with Crippen molar-refractivity contribution in [1.82, 2.24) is 24.7 Å². The molecule has 2 aromatic heterocycles. The number of hydrogen-bond donors (Lipinski definition) is 0. The summed E-state index contributed by atoms with van der Waals surface area (Å²) in [6.45, 7) is 3.14. The number of carbonyl (C=O) groups excluding carboxylic acids is 1. The average molecular weight is 422 g/mol. The molecule has 0 bridgehead atoms. The van der Waals surface area contributed by atoms with Gasteiger partial charge in [0, 0.05) is 26.2 Å². The quantitative estimate of drug-likeness (QED) is 0.607. The third-order valence-electron chi connectivity index (χ3n) is 5.08. The Balaban J connectivity index is 1.41. The summed E-state index contributed by atoms with van der Waals surface area (Å²) in [6.07, 6.45) is -3.52. The van der Waals surface area contributed by atoms with Gasteiger partial charge in [0.05, 0.1) is 12.0 Å². The third kappa shape index (κ3) is 3.91. The van der Waals surface area contributed by atoms with Gasteiger partial charge in [0.15, 0.2) is 5.65 Å². The minimum absolute atomic E-state index is 0.132. The monoisotopic (exact) mass is 422 g/mol. The van der Waals surface area contributed by atoms with Gasteiger partial charge in [-0.3, -0.25) is 4.79 Å². The number of hydrogen-bond acceptors (Lipinski definition) is 5. The fourth-order valence-corrected chi connectivity index (χ4v) is 3.51. The molecule has 1 aliphatic rings. The Hall–Kier alpha value is -3.24. The fraction of sp³-hybridized carbons (Fsp3) is 0.368. The van der Waals surface area contributed by atoms with Crippen LogP contribution in [0, 0.1) is 12.7 Å². The predicted octanol–water partition coefficient (Wildman–Crippen LogP) is 2.48. The van der Waals surface area contributed by atoms with Crippen LogP contribution in [0.4, 0.5) is 23.4 Å². The Bertz CT molecular complexity index is 1090. The number of aromatic nitrogens is 4. The van der Waals surface area contributed by atoms with Crippen molar-refractivity contribution >= 4 is 17.4 Å². The molecule has 4 rings (SSSR count). The van der Waals surface area contributed by atoms with Gasteiger partial charge in [0.1, 0.15) is 18.0 Å². The standard InChI is InChI=1S/C19H18F4N6O/c1-12-8-13(9-14(18(12)20)19(21,22)23)10-17(30)28-6-4-27(5-7-28)16-3-2-15-25-24-11-29(15)26-16/h2-3,8-9,11H,4-7,10H2,1H3. The molecule has 1 amide bonds. The van der Waals surface area contributed by atoms with Crippen molar-refractivity contribution in [2.75, 3.05) is 31.1 Å². The first kappa shape index (κ1) is 20.0. The number of piperazine rings is 1. The molecule has 0 spiro atoms. The number of amides is 1. The molecule has 3 aromatic rings. The van der Waals surface area contributed by atoms with E-state index in [1.165, 1.54) is 19.3 Å². The molecule has 0 aliphatic carbocycles. The van der Waals surface area contributed by atoms with Crippen molar-refractivity contribution in [3.63, 3.8) is 0 Å². The molecule has 11 heteroatoms. The predicted molar refractivity (Wildman–Crippen MR) is 99.4 cm³/mol. The Morgan fingerprint density at radius 1 is 1.13 bits per heavy atom. The van der Waals surface area contributed by atoms with Crippen molar-refractivity contribution in [3.05, 3.63) is 53.1 Å². The van der Waals surface area contributed by atoms with E-state index in [9.17, 15) is 22.4 Å². The van der Waals surface area contributed by atoms with Gasteiger partial charge in [-0.15, -0.1) is 15.3 Å². The SMILES string of the molecule is Cc1cc(CC(=O)N2CCN(c3ccc4nncn4n3)CC2)cc(C(F)(F)F)c1F. The van der Waals surface area contributed by atoms with Crippen LogP contribution < -0.4 is 4.90 Å². The first-order valence-electron chi connectivity index (χ1n) is 9.28. The maximum absolute atomic E-state index is 13.8. The largest absolute Gasteiger partial charge is 0.419 e. The highest BCUT2D eigenvalue weighted by Gasteiger charge is 2.35. The number of fused-ring (bicyclic) bond motifs is 1. The zero-order valence-electron chi connectivity index (χ0n) is 16.0. The number of halogens is 4. The van der Waals surface area contributed by atoms with Crippen LogP contribution in [0.1, 0.15) is 16.7 Å². The van der Waals surface area contributed by atoms with Gasteiger partial charge in [-0.25, -0.2) is 4.39 Å². The average Bonchev–Trinajstić information content (AvgIpc) is 3.17. The summed E-state index contributed by atoms with van der Waals surface area (Å²) in [4.78, 5) is 16.2. The van der Waals surface area contributed by atoms with E-state index in [-0.39, 0.29) is 23.5 Å². The smallest absolute Gasteiger partial charge is 0.352 e. The van der Waals surface area contributed by atoms with E-state index in [1.807, 2.05) is 11.0 Å². The number of nitrogens with zero attached hydrogens (tertiary/aromatic N) is 6. The van der Waals surface area contributed by atoms with Crippen molar-refractivity contribution in [3.8, 4) is 0 Å². The summed E-state index contributed by atoms with van der Waals surface area (Å²) in [5.74, 6) is -0.876. The number of rotatable bonds is 3. The van der Waals surface area contributed by atoms with Crippen LogP contribution in [0.15, 0.2) is 30.6 Å². The summed E-state index contributed by atoms with van der Waals surface area (Å²) in [5.41, 5.74) is -0.702. The van der Waals surface area contributed by atoms with Crippen LogP contribution in [-0.4, -0.2) is 56.8 Å². The van der Waals surface area contributed by atoms with Gasteiger partial charge in [-0.05, 0) is 36.2 Å². The van der Waals surface area contributed by atoms with Crippen molar-refractivity contribution in [2.45, 2.75) is 19.5 Å². The molecule has 1 aromatic carbocycles. The number of carbonyl (C=O) groups is 1. The molecule has 30 heavy (non-hydrogen) atoms. The first-order valence-corrected chi connectivity index (χ1v) is 9.28. The second-order valence-electron chi connectivity index (χ2n) is 7.14. The molecule has 1 fully saturated rings. The van der Waals surface area contributed by atoms with E-state index in [0.717, 1.165) is 11.9 Å². The van der Waals surface area contributed by atoms with Gasteiger partial charge in [-0.1, -0.05) is 6.07 Å². The summed E-state index contributed by atoms with van der Waals surface area (Å²) >= 11 is 0. The lowest BCUT2D eigenvalue weighted by atomic mass is 10.0. The number of anilines is 1. The maximum atomic E-state index is 13.8. The topological polar surface area (TPSA) is 66.6 Å². The molecule has 1 aliphatic heterocycles. The summed E-state index contributed by atoms with van der Waals surface area (Å²) < 4.78 is 54.4. The highest BCUT2D eigenvalue weighted by Crippen LogP contribution is 2.33. The Morgan fingerprint density at radius 3 is 2.57 bits per heavy atom. The van der Waals surface area contributed by atoms with Crippen LogP contribution in [0.3, 0.4) is 0 Å². The summed E-state index contributed by atoms with van der Waals surface area (Å²) in [5, 5.41) is 12.1. The van der Waals surface area contributed by atoms with E-state index in [4.69, 9.17) is 0 Å². The Morgan fingerprint density at radius 2 is 1.87 bits per heavy atom. The van der Waals surface area contributed by atoms with Gasteiger partial charge >= 0.3 is 6.18 Å². The van der Waals surface area contributed by atoms with E-state index in [2.05, 4.69) is 15.3 Å². The molecule has 1 saturated heterocycles. The highest BCUT2D eigenvalue weighted by molar-refractivity contribution is 5.79. The zero-order valence-corrected chi connectivity index (χ0v) is 16.0. The molecule has 3 heterocycles. The van der Waals surface area contributed by atoms with E-state index >= 15 is 0 Å². The highest BCUT2D eigenvalue weighted by atomic mass is 19.4. The summed E-state index contributed by atoms with van der Waals surface area (Å²) in [7, 11) is 0. The van der Waals surface area contributed by atoms with Crippen molar-refractivity contribution < 1.29 is 22.4 Å². The third-order valence-corrected chi connectivity index (χ3v) is 5.08. The fourth-order valence-electron chi connectivity index (χ4n) is 3.51. The number of alkyl halides is 3. The van der Waals surface area contributed by atoms with Gasteiger partial charge < -0.3 is 9.80 Å². The summed E-state index contributed by atoms with van der Waals surface area (Å²) in [6, 6.07) is 5.62. The van der Waals surface area contributed by atoms with Crippen LogP contribution in [-0.2, 0) is 17.4 Å². The molecule has 158 valence electrons. The minimum Gasteiger partial charge on any atom is -0.352 e. The second-order valence-corrected chi connectivity index (χ2v) is 7.14. The molecule has 0 saturated carbocycles. The van der Waals surface area contributed by atoms with Gasteiger partial charge in [0.25, 0.3) is 0 Å². The van der Waals surface area contributed by atoms with Gasteiger partial charge in [0.2, 0.25) is 5.91 Å². The van der Waals surface area contributed by atoms with E-state index in [1.54, 1.807) is 15.5 Å². The lowest BCUT2D eigenvalue weighted by Crippen LogP contribution is -2.49. The Labute approximate surface area is 168 Å². The van der Waals surface area contributed by atoms with Crippen LogP contribution in [0.5, 0.6) is 0 Å². The normalized spacial score (nSPS) is 15.1. The molecular formula is C19H18F4N6O. The number of benzene rings is 1. The van der Waals surface area contributed by atoms with Crippen LogP contribution in [0.2, 0.25) is 0 Å². The molecular weight excluding hydrogens is 404 g/mol. The first-order chi connectivity index (χ1) is 14.2. The maximum Gasteiger partial charge on any atom is 0.419 e. The molecule has 0 radical (unpaired) electrons. The molecule has 0 atom stereocenters. The van der Waals surface area contributed by atoms with E-state index < -0.39 is 17.6 Å². The van der Waals surface area contributed by atoms with Gasteiger partial charge in [-0.2, -0.15) is 17.7 Å². The van der Waals surface area contributed by atoms with Crippen molar-refractivity contribution in [2.24, 2.45) is 0 Å². The molecule has 0 unspecified atom stereocenters. The van der Waals surface area contributed by atoms with Crippen LogP contribution >= 0.6 is 0 Å². The minimum atomic E-state index is -4.81. The zero-order chi connectivity index (χ0) is 21.5. The Kier molecular flexibility index (Phi) is 5.04. The second kappa shape index (κ2) is 7.54. The molecule has 0 N–H and O–H groups in total. The van der Waals surface area contributed by atoms with Crippen molar-refractivity contribution in [1.29, 1.82) is 0 Å². The molecule has 7 nitrogen and oxygen atoms in total. The van der Waals surface area contributed by atoms with E-state index in [0.29, 0.717) is 31.8 Å². The lowest BCUT2D eigenvalue weighted by molar-refractivity contribution is -0.140. The lowest BCUT2D eigenvalue weighted by Gasteiger charge is -2.35.